The van der Waals surface area contributed by atoms with E-state index >= 15 is 0 Å². The standard InChI is InChI=1S/C38H33F/c1-2-3-4-5-7-10-29-13-15-34(16-14-29)38(35-21-17-31(18-22-35)30-11-8-6-9-12-30)36-23-19-32(20-24-36)33-25-27-37(39)28-26-33/h3-9,11-28,38H,2,10H2,1H3/b4-3-,7-5-. The molecule has 0 heterocycles. The minimum Gasteiger partial charge on any atom is -0.207 e. The Hall–Kier alpha value is -4.49. The van der Waals surface area contributed by atoms with Gasteiger partial charge < -0.3 is 0 Å². The molecule has 0 nitrogen and oxygen atoms in total. The summed E-state index contributed by atoms with van der Waals surface area (Å²) in [6.07, 6.45) is 10.6. The molecule has 0 aliphatic carbocycles. The van der Waals surface area contributed by atoms with Crippen LogP contribution in [-0.4, -0.2) is 0 Å². The Morgan fingerprint density at radius 3 is 1.46 bits per heavy atom. The number of benzene rings is 5. The third kappa shape index (κ3) is 6.69. The van der Waals surface area contributed by atoms with Crippen molar-refractivity contribution in [3.05, 3.63) is 180 Å². The molecule has 5 aromatic rings. The monoisotopic (exact) mass is 508 g/mol. The van der Waals surface area contributed by atoms with Crippen molar-refractivity contribution in [2.45, 2.75) is 25.7 Å². The van der Waals surface area contributed by atoms with Gasteiger partial charge in [0, 0.05) is 5.92 Å². The van der Waals surface area contributed by atoms with Crippen LogP contribution in [0.2, 0.25) is 0 Å². The van der Waals surface area contributed by atoms with Gasteiger partial charge in [-0.3, -0.25) is 0 Å². The van der Waals surface area contributed by atoms with Crippen molar-refractivity contribution in [3.8, 4) is 22.3 Å². The van der Waals surface area contributed by atoms with Gasteiger partial charge in [0.25, 0.3) is 0 Å². The third-order valence-electron chi connectivity index (χ3n) is 7.06. The second-order valence-electron chi connectivity index (χ2n) is 9.76. The van der Waals surface area contributed by atoms with Crippen molar-refractivity contribution in [1.29, 1.82) is 0 Å². The van der Waals surface area contributed by atoms with Gasteiger partial charge in [-0.25, -0.2) is 4.39 Å². The highest BCUT2D eigenvalue weighted by molar-refractivity contribution is 5.66. The lowest BCUT2D eigenvalue weighted by molar-refractivity contribution is 0.628. The number of hydrogen-bond acceptors (Lipinski definition) is 0. The van der Waals surface area contributed by atoms with Crippen LogP contribution in [0.15, 0.2) is 152 Å². The molecule has 0 aromatic heterocycles. The molecule has 1 atom stereocenters. The Kier molecular flexibility index (Phi) is 8.61. The van der Waals surface area contributed by atoms with Gasteiger partial charge in [-0.05, 0) is 69.5 Å². The minimum atomic E-state index is -0.217. The maximum Gasteiger partial charge on any atom is 0.123 e. The lowest BCUT2D eigenvalue weighted by Crippen LogP contribution is -2.04. The van der Waals surface area contributed by atoms with E-state index in [9.17, 15) is 4.39 Å². The third-order valence-corrected chi connectivity index (χ3v) is 7.06. The molecule has 0 amide bonds. The summed E-state index contributed by atoms with van der Waals surface area (Å²) in [5, 5.41) is 0. The summed E-state index contributed by atoms with van der Waals surface area (Å²) in [7, 11) is 0. The van der Waals surface area contributed by atoms with E-state index in [1.54, 1.807) is 0 Å². The van der Waals surface area contributed by atoms with Gasteiger partial charge >= 0.3 is 0 Å². The first-order valence-corrected chi connectivity index (χ1v) is 13.6. The lowest BCUT2D eigenvalue weighted by Gasteiger charge is -2.20. The first-order valence-electron chi connectivity index (χ1n) is 13.6. The molecule has 5 aromatic carbocycles. The van der Waals surface area contributed by atoms with E-state index in [2.05, 4.69) is 128 Å². The van der Waals surface area contributed by atoms with Crippen LogP contribution in [0.1, 0.15) is 41.5 Å². The van der Waals surface area contributed by atoms with Crippen molar-refractivity contribution in [2.24, 2.45) is 0 Å². The summed E-state index contributed by atoms with van der Waals surface area (Å²) in [6, 6.07) is 43.8. The molecule has 0 spiro atoms. The summed E-state index contributed by atoms with van der Waals surface area (Å²) in [5.74, 6) is -0.111. The molecule has 5 rings (SSSR count). The summed E-state index contributed by atoms with van der Waals surface area (Å²) >= 11 is 0. The lowest BCUT2D eigenvalue weighted by atomic mass is 9.83. The largest absolute Gasteiger partial charge is 0.207 e. The molecule has 1 unspecified atom stereocenters. The fourth-order valence-electron chi connectivity index (χ4n) is 4.93. The van der Waals surface area contributed by atoms with Crippen molar-refractivity contribution in [1.82, 2.24) is 0 Å². The second kappa shape index (κ2) is 12.8. The second-order valence-corrected chi connectivity index (χ2v) is 9.76. The molecule has 0 N–H and O–H groups in total. The predicted octanol–water partition coefficient (Wildman–Crippen LogP) is 10.4. The Labute approximate surface area is 231 Å². The number of allylic oxidation sites excluding steroid dienone is 4. The number of rotatable bonds is 9. The average molecular weight is 509 g/mol. The molecule has 0 aliphatic rings. The molecule has 0 saturated heterocycles. The van der Waals surface area contributed by atoms with Crippen LogP contribution >= 0.6 is 0 Å². The van der Waals surface area contributed by atoms with Gasteiger partial charge in [-0.2, -0.15) is 0 Å². The van der Waals surface area contributed by atoms with Crippen molar-refractivity contribution >= 4 is 0 Å². The van der Waals surface area contributed by atoms with Crippen molar-refractivity contribution in [2.75, 3.05) is 0 Å². The Morgan fingerprint density at radius 2 is 0.949 bits per heavy atom. The Bertz CT molecular complexity index is 1510. The zero-order chi connectivity index (χ0) is 26.9. The highest BCUT2D eigenvalue weighted by atomic mass is 19.1. The zero-order valence-electron chi connectivity index (χ0n) is 22.3. The average Bonchev–Trinajstić information content (AvgIpc) is 3.00. The normalized spacial score (nSPS) is 12.3. The van der Waals surface area contributed by atoms with E-state index in [1.165, 1.54) is 45.5 Å². The van der Waals surface area contributed by atoms with Crippen LogP contribution in [0, 0.1) is 5.82 Å². The van der Waals surface area contributed by atoms with E-state index in [-0.39, 0.29) is 11.7 Å². The molecular weight excluding hydrogens is 475 g/mol. The van der Waals surface area contributed by atoms with Gasteiger partial charge in [-0.15, -0.1) is 0 Å². The van der Waals surface area contributed by atoms with Crippen LogP contribution in [0.3, 0.4) is 0 Å². The topological polar surface area (TPSA) is 0 Å². The Morgan fingerprint density at radius 1 is 0.513 bits per heavy atom. The first kappa shape index (κ1) is 26.1. The molecule has 39 heavy (non-hydrogen) atoms. The highest BCUT2D eigenvalue weighted by Crippen LogP contribution is 2.34. The smallest absolute Gasteiger partial charge is 0.123 e. The summed E-state index contributed by atoms with van der Waals surface area (Å²) in [6.45, 7) is 2.14. The number of hydrogen-bond donors (Lipinski definition) is 0. The molecule has 0 radical (unpaired) electrons. The van der Waals surface area contributed by atoms with Crippen LogP contribution in [0.25, 0.3) is 22.3 Å². The van der Waals surface area contributed by atoms with Gasteiger partial charge in [-0.1, -0.05) is 146 Å². The van der Waals surface area contributed by atoms with Crippen LogP contribution < -0.4 is 0 Å². The first-order chi connectivity index (χ1) is 19.2. The van der Waals surface area contributed by atoms with Crippen LogP contribution in [0.4, 0.5) is 4.39 Å². The molecule has 1 heteroatoms. The maximum absolute atomic E-state index is 13.4. The van der Waals surface area contributed by atoms with Crippen molar-refractivity contribution < 1.29 is 4.39 Å². The molecular formula is C38H33F. The molecule has 0 saturated carbocycles. The summed E-state index contributed by atoms with van der Waals surface area (Å²) in [4.78, 5) is 0. The van der Waals surface area contributed by atoms with E-state index in [0.717, 1.165) is 24.0 Å². The van der Waals surface area contributed by atoms with E-state index < -0.39 is 0 Å². The molecule has 0 aliphatic heterocycles. The van der Waals surface area contributed by atoms with Crippen LogP contribution in [0.5, 0.6) is 0 Å². The maximum atomic E-state index is 13.4. The fourth-order valence-corrected chi connectivity index (χ4v) is 4.93. The SMILES string of the molecule is CC/C=C\C=C/Cc1ccc(C(c2ccc(-c3ccccc3)cc2)c2ccc(-c3ccc(F)cc3)cc2)cc1. The van der Waals surface area contributed by atoms with Crippen molar-refractivity contribution in [3.63, 3.8) is 0 Å². The highest BCUT2D eigenvalue weighted by Gasteiger charge is 2.17. The molecule has 0 fully saturated rings. The van der Waals surface area contributed by atoms with Gasteiger partial charge in [0.15, 0.2) is 0 Å². The van der Waals surface area contributed by atoms with E-state index in [4.69, 9.17) is 0 Å². The quantitative estimate of drug-likeness (QED) is 0.137. The van der Waals surface area contributed by atoms with Gasteiger partial charge in [0.05, 0.1) is 0 Å². The van der Waals surface area contributed by atoms with E-state index in [1.807, 2.05) is 18.2 Å². The van der Waals surface area contributed by atoms with Crippen LogP contribution in [-0.2, 0) is 6.42 Å². The number of halogens is 1. The Balaban J connectivity index is 1.46. The molecule has 0 bridgehead atoms. The van der Waals surface area contributed by atoms with E-state index in [0.29, 0.717) is 0 Å². The van der Waals surface area contributed by atoms with Gasteiger partial charge in [0.2, 0.25) is 0 Å². The zero-order valence-corrected chi connectivity index (χ0v) is 22.3. The minimum absolute atomic E-state index is 0.106. The van der Waals surface area contributed by atoms with Gasteiger partial charge in [0.1, 0.15) is 5.82 Å². The molecule has 192 valence electrons. The summed E-state index contributed by atoms with van der Waals surface area (Å²) in [5.41, 5.74) is 9.56. The predicted molar refractivity (Wildman–Crippen MR) is 163 cm³/mol. The fraction of sp³-hybridized carbons (Fsp3) is 0.105. The summed E-state index contributed by atoms with van der Waals surface area (Å²) < 4.78 is 13.4.